The Morgan fingerprint density at radius 2 is 2.06 bits per heavy atom. The van der Waals surface area contributed by atoms with Crippen molar-refractivity contribution >= 4 is 17.3 Å². The quantitative estimate of drug-likeness (QED) is 0.804. The Hall–Kier alpha value is -2.11. The SMILES string of the molecule is O=C(O)N1CCC(c2c[nH]c3nccnc23)CC1. The molecule has 1 aliphatic heterocycles. The minimum atomic E-state index is -0.827. The van der Waals surface area contributed by atoms with Crippen LogP contribution in [0.15, 0.2) is 18.6 Å². The molecule has 0 bridgehead atoms. The number of nitrogens with one attached hydrogen (secondary N) is 1. The van der Waals surface area contributed by atoms with Gasteiger partial charge in [-0.2, -0.15) is 0 Å². The minimum Gasteiger partial charge on any atom is -0.465 e. The molecule has 18 heavy (non-hydrogen) atoms. The Balaban J connectivity index is 1.82. The molecule has 2 aromatic rings. The largest absolute Gasteiger partial charge is 0.465 e. The second-order valence-electron chi connectivity index (χ2n) is 4.54. The fraction of sp³-hybridized carbons (Fsp3) is 0.417. The van der Waals surface area contributed by atoms with Crippen LogP contribution in [0.2, 0.25) is 0 Å². The first-order valence-corrected chi connectivity index (χ1v) is 6.01. The normalized spacial score (nSPS) is 17.2. The molecule has 1 saturated heterocycles. The molecular weight excluding hydrogens is 232 g/mol. The highest BCUT2D eigenvalue weighted by Crippen LogP contribution is 2.31. The third kappa shape index (κ3) is 1.79. The van der Waals surface area contributed by atoms with E-state index in [2.05, 4.69) is 15.0 Å². The lowest BCUT2D eigenvalue weighted by atomic mass is 9.91. The van der Waals surface area contributed by atoms with E-state index in [1.807, 2.05) is 6.20 Å². The van der Waals surface area contributed by atoms with Crippen molar-refractivity contribution in [2.24, 2.45) is 0 Å². The summed E-state index contributed by atoms with van der Waals surface area (Å²) in [5, 5.41) is 8.92. The number of hydrogen-bond donors (Lipinski definition) is 2. The first kappa shape index (κ1) is 11.0. The predicted molar refractivity (Wildman–Crippen MR) is 65.5 cm³/mol. The molecule has 0 unspecified atom stereocenters. The fourth-order valence-corrected chi connectivity index (χ4v) is 2.56. The lowest BCUT2D eigenvalue weighted by Crippen LogP contribution is -2.36. The van der Waals surface area contributed by atoms with Crippen LogP contribution in [0.25, 0.3) is 11.2 Å². The van der Waals surface area contributed by atoms with Gasteiger partial charge in [-0.3, -0.25) is 4.98 Å². The molecule has 0 saturated carbocycles. The number of nitrogens with zero attached hydrogens (tertiary/aromatic N) is 3. The van der Waals surface area contributed by atoms with E-state index in [1.165, 1.54) is 4.90 Å². The van der Waals surface area contributed by atoms with Crippen LogP contribution in [0, 0.1) is 0 Å². The average molecular weight is 246 g/mol. The summed E-state index contributed by atoms with van der Waals surface area (Å²) in [6, 6.07) is 0. The summed E-state index contributed by atoms with van der Waals surface area (Å²) < 4.78 is 0. The summed E-state index contributed by atoms with van der Waals surface area (Å²) in [6.07, 6.45) is 6.16. The zero-order valence-corrected chi connectivity index (χ0v) is 9.83. The highest BCUT2D eigenvalue weighted by atomic mass is 16.4. The van der Waals surface area contributed by atoms with Gasteiger partial charge in [-0.25, -0.2) is 9.78 Å². The Morgan fingerprint density at radius 3 is 2.78 bits per heavy atom. The molecule has 6 heteroatoms. The zero-order valence-electron chi connectivity index (χ0n) is 9.83. The van der Waals surface area contributed by atoms with Gasteiger partial charge in [0.25, 0.3) is 0 Å². The molecule has 2 aromatic heterocycles. The monoisotopic (exact) mass is 246 g/mol. The van der Waals surface area contributed by atoms with Gasteiger partial charge in [-0.1, -0.05) is 0 Å². The molecule has 0 radical (unpaired) electrons. The van der Waals surface area contributed by atoms with Crippen molar-refractivity contribution in [1.29, 1.82) is 0 Å². The molecule has 0 aliphatic carbocycles. The van der Waals surface area contributed by atoms with Crippen molar-refractivity contribution in [3.63, 3.8) is 0 Å². The first-order chi connectivity index (χ1) is 8.75. The first-order valence-electron chi connectivity index (χ1n) is 6.01. The van der Waals surface area contributed by atoms with Crippen molar-refractivity contribution in [3.05, 3.63) is 24.2 Å². The number of carbonyl (C=O) groups is 1. The van der Waals surface area contributed by atoms with Gasteiger partial charge in [0, 0.05) is 37.2 Å². The molecule has 2 N–H and O–H groups in total. The van der Waals surface area contributed by atoms with Crippen LogP contribution in [0.5, 0.6) is 0 Å². The van der Waals surface area contributed by atoms with E-state index in [0.29, 0.717) is 19.0 Å². The number of piperidine rings is 1. The standard InChI is InChI=1S/C12H14N4O2/c17-12(18)16-5-1-8(2-6-16)9-7-15-11-10(9)13-3-4-14-11/h3-4,7-8H,1-2,5-6H2,(H,14,15)(H,17,18). The predicted octanol–water partition coefficient (Wildman–Crippen LogP) is 1.82. The van der Waals surface area contributed by atoms with Crippen LogP contribution in [-0.2, 0) is 0 Å². The summed E-state index contributed by atoms with van der Waals surface area (Å²) in [6.45, 7) is 1.18. The van der Waals surface area contributed by atoms with Gasteiger partial charge in [0.1, 0.15) is 5.52 Å². The summed E-state index contributed by atoms with van der Waals surface area (Å²) in [5.74, 6) is 0.367. The maximum Gasteiger partial charge on any atom is 0.407 e. The van der Waals surface area contributed by atoms with Crippen molar-refractivity contribution in [2.45, 2.75) is 18.8 Å². The van der Waals surface area contributed by atoms with Crippen LogP contribution < -0.4 is 0 Å². The highest BCUT2D eigenvalue weighted by molar-refractivity contribution is 5.75. The lowest BCUT2D eigenvalue weighted by Gasteiger charge is -2.29. The van der Waals surface area contributed by atoms with Crippen LogP contribution in [0.3, 0.4) is 0 Å². The molecule has 0 aromatic carbocycles. The maximum absolute atomic E-state index is 10.9. The number of rotatable bonds is 1. The number of H-pyrrole nitrogens is 1. The molecule has 1 aliphatic rings. The van der Waals surface area contributed by atoms with Gasteiger partial charge in [-0.05, 0) is 18.8 Å². The third-order valence-corrected chi connectivity index (χ3v) is 3.54. The minimum absolute atomic E-state index is 0.367. The number of fused-ring (bicyclic) bond motifs is 1. The second kappa shape index (κ2) is 4.29. The van der Waals surface area contributed by atoms with Gasteiger partial charge in [0.2, 0.25) is 0 Å². The van der Waals surface area contributed by atoms with Crippen molar-refractivity contribution in [2.75, 3.05) is 13.1 Å². The Labute approximate surface area is 104 Å². The van der Waals surface area contributed by atoms with Gasteiger partial charge in [0.15, 0.2) is 5.65 Å². The van der Waals surface area contributed by atoms with Gasteiger partial charge >= 0.3 is 6.09 Å². The maximum atomic E-state index is 10.9. The molecule has 1 fully saturated rings. The van der Waals surface area contributed by atoms with E-state index in [-0.39, 0.29) is 0 Å². The van der Waals surface area contributed by atoms with Crippen molar-refractivity contribution in [1.82, 2.24) is 19.9 Å². The number of carboxylic acid groups (broad SMARTS) is 1. The Morgan fingerprint density at radius 1 is 1.33 bits per heavy atom. The topological polar surface area (TPSA) is 82.1 Å². The van der Waals surface area contributed by atoms with Gasteiger partial charge in [-0.15, -0.1) is 0 Å². The number of aromatic amines is 1. The molecule has 1 amide bonds. The Bertz CT molecular complexity index is 572. The second-order valence-corrected chi connectivity index (χ2v) is 4.54. The lowest BCUT2D eigenvalue weighted by molar-refractivity contribution is 0.132. The molecule has 0 atom stereocenters. The summed E-state index contributed by atoms with van der Waals surface area (Å²) in [5.41, 5.74) is 2.86. The van der Waals surface area contributed by atoms with E-state index in [1.54, 1.807) is 12.4 Å². The van der Waals surface area contributed by atoms with E-state index in [4.69, 9.17) is 5.11 Å². The fourth-order valence-electron chi connectivity index (χ4n) is 2.56. The number of hydrogen-bond acceptors (Lipinski definition) is 3. The molecular formula is C12H14N4O2. The highest BCUT2D eigenvalue weighted by Gasteiger charge is 2.25. The number of likely N-dealkylation sites (tertiary alicyclic amines) is 1. The molecule has 0 spiro atoms. The molecule has 6 nitrogen and oxygen atoms in total. The van der Waals surface area contributed by atoms with E-state index < -0.39 is 6.09 Å². The number of amides is 1. The van der Waals surface area contributed by atoms with Gasteiger partial charge < -0.3 is 15.0 Å². The van der Waals surface area contributed by atoms with Crippen LogP contribution >= 0.6 is 0 Å². The summed E-state index contributed by atoms with van der Waals surface area (Å²) in [7, 11) is 0. The third-order valence-electron chi connectivity index (χ3n) is 3.54. The van der Waals surface area contributed by atoms with Crippen LogP contribution in [0.1, 0.15) is 24.3 Å². The van der Waals surface area contributed by atoms with Crippen LogP contribution in [-0.4, -0.2) is 44.1 Å². The molecule has 3 rings (SSSR count). The molecule has 94 valence electrons. The zero-order chi connectivity index (χ0) is 12.5. The molecule has 3 heterocycles. The van der Waals surface area contributed by atoms with Crippen molar-refractivity contribution in [3.8, 4) is 0 Å². The smallest absolute Gasteiger partial charge is 0.407 e. The van der Waals surface area contributed by atoms with Crippen LogP contribution in [0.4, 0.5) is 4.79 Å². The Kier molecular flexibility index (Phi) is 2.62. The van der Waals surface area contributed by atoms with Crippen molar-refractivity contribution < 1.29 is 9.90 Å². The van der Waals surface area contributed by atoms with E-state index in [0.717, 1.165) is 29.6 Å². The summed E-state index contributed by atoms with van der Waals surface area (Å²) >= 11 is 0. The van der Waals surface area contributed by atoms with E-state index >= 15 is 0 Å². The average Bonchev–Trinajstić information content (AvgIpc) is 2.82. The van der Waals surface area contributed by atoms with E-state index in [9.17, 15) is 4.79 Å². The summed E-state index contributed by atoms with van der Waals surface area (Å²) in [4.78, 5) is 24.0. The number of aromatic nitrogens is 3. The van der Waals surface area contributed by atoms with Gasteiger partial charge in [0.05, 0.1) is 0 Å².